The monoisotopic (exact) mass is 300 g/mol. The quantitative estimate of drug-likeness (QED) is 0.867. The van der Waals surface area contributed by atoms with Crippen LogP contribution in [-0.2, 0) is 6.42 Å². The Bertz CT molecular complexity index is 610. The van der Waals surface area contributed by atoms with Gasteiger partial charge in [0.15, 0.2) is 5.76 Å². The summed E-state index contributed by atoms with van der Waals surface area (Å²) in [7, 11) is 0. The van der Waals surface area contributed by atoms with Crippen LogP contribution < -0.4 is 4.90 Å². The van der Waals surface area contributed by atoms with Gasteiger partial charge in [0.2, 0.25) is 5.95 Å². The van der Waals surface area contributed by atoms with Gasteiger partial charge in [0.05, 0.1) is 6.26 Å². The van der Waals surface area contributed by atoms with Crippen molar-refractivity contribution in [2.24, 2.45) is 0 Å². The van der Waals surface area contributed by atoms with E-state index in [-0.39, 0.29) is 5.91 Å². The SMILES string of the molecule is CCc1cnc(N2CCCN(C(=O)c3ccco3)CC2)nc1. The summed E-state index contributed by atoms with van der Waals surface area (Å²) >= 11 is 0. The molecule has 0 aliphatic carbocycles. The predicted molar refractivity (Wildman–Crippen MR) is 82.9 cm³/mol. The molecule has 0 radical (unpaired) electrons. The summed E-state index contributed by atoms with van der Waals surface area (Å²) in [5.74, 6) is 1.09. The maximum atomic E-state index is 12.3. The number of hydrogen-bond donors (Lipinski definition) is 0. The van der Waals surface area contributed by atoms with Crippen LogP contribution in [0.5, 0.6) is 0 Å². The van der Waals surface area contributed by atoms with Crippen molar-refractivity contribution in [2.45, 2.75) is 19.8 Å². The van der Waals surface area contributed by atoms with E-state index in [9.17, 15) is 4.79 Å². The molecule has 1 saturated heterocycles. The first-order chi connectivity index (χ1) is 10.8. The van der Waals surface area contributed by atoms with Crippen molar-refractivity contribution in [1.82, 2.24) is 14.9 Å². The highest BCUT2D eigenvalue weighted by Gasteiger charge is 2.22. The Hall–Kier alpha value is -2.37. The molecule has 2 aromatic heterocycles. The smallest absolute Gasteiger partial charge is 0.289 e. The van der Waals surface area contributed by atoms with E-state index in [4.69, 9.17) is 4.42 Å². The Morgan fingerprint density at radius 1 is 1.23 bits per heavy atom. The van der Waals surface area contributed by atoms with Crippen LogP contribution in [0.3, 0.4) is 0 Å². The van der Waals surface area contributed by atoms with Crippen molar-refractivity contribution in [3.05, 3.63) is 42.1 Å². The highest BCUT2D eigenvalue weighted by Crippen LogP contribution is 2.14. The maximum absolute atomic E-state index is 12.3. The van der Waals surface area contributed by atoms with Gasteiger partial charge in [-0.15, -0.1) is 0 Å². The number of anilines is 1. The predicted octanol–water partition coefficient (Wildman–Crippen LogP) is 1.98. The molecule has 0 unspecified atom stereocenters. The average molecular weight is 300 g/mol. The maximum Gasteiger partial charge on any atom is 0.289 e. The van der Waals surface area contributed by atoms with Crippen LogP contribution in [0.1, 0.15) is 29.5 Å². The number of furan rings is 1. The lowest BCUT2D eigenvalue weighted by atomic mass is 10.3. The normalized spacial score (nSPS) is 15.7. The molecule has 2 aromatic rings. The van der Waals surface area contributed by atoms with Gasteiger partial charge in [0.25, 0.3) is 5.91 Å². The zero-order valence-corrected chi connectivity index (χ0v) is 12.7. The first kappa shape index (κ1) is 14.6. The topological polar surface area (TPSA) is 62.5 Å². The molecule has 22 heavy (non-hydrogen) atoms. The van der Waals surface area contributed by atoms with Gasteiger partial charge in [0.1, 0.15) is 0 Å². The molecule has 1 aliphatic rings. The van der Waals surface area contributed by atoms with Gasteiger partial charge >= 0.3 is 0 Å². The molecule has 1 fully saturated rings. The van der Waals surface area contributed by atoms with Crippen molar-refractivity contribution in [3.8, 4) is 0 Å². The lowest BCUT2D eigenvalue weighted by Crippen LogP contribution is -2.35. The number of nitrogens with zero attached hydrogens (tertiary/aromatic N) is 4. The fourth-order valence-corrected chi connectivity index (χ4v) is 2.57. The lowest BCUT2D eigenvalue weighted by molar-refractivity contribution is 0.0735. The Morgan fingerprint density at radius 3 is 2.73 bits per heavy atom. The summed E-state index contributed by atoms with van der Waals surface area (Å²) in [6, 6.07) is 3.44. The highest BCUT2D eigenvalue weighted by molar-refractivity contribution is 5.91. The molecule has 0 bridgehead atoms. The lowest BCUT2D eigenvalue weighted by Gasteiger charge is -2.21. The molecule has 116 valence electrons. The molecule has 0 saturated carbocycles. The van der Waals surface area contributed by atoms with E-state index in [0.717, 1.165) is 44.0 Å². The van der Waals surface area contributed by atoms with Crippen LogP contribution in [0.15, 0.2) is 35.2 Å². The number of rotatable bonds is 3. The third-order valence-electron chi connectivity index (χ3n) is 3.90. The summed E-state index contributed by atoms with van der Waals surface area (Å²) in [4.78, 5) is 25.1. The van der Waals surface area contributed by atoms with E-state index in [2.05, 4.69) is 21.8 Å². The standard InChI is InChI=1S/C16H20N4O2/c1-2-13-11-17-16(18-12-13)20-7-4-6-19(8-9-20)15(21)14-5-3-10-22-14/h3,5,10-12H,2,4,6-9H2,1H3. The zero-order chi connectivity index (χ0) is 15.4. The number of hydrogen-bond acceptors (Lipinski definition) is 5. The molecular formula is C16H20N4O2. The van der Waals surface area contributed by atoms with Gasteiger partial charge < -0.3 is 14.2 Å². The first-order valence-electron chi connectivity index (χ1n) is 7.66. The van der Waals surface area contributed by atoms with Crippen LogP contribution in [0.2, 0.25) is 0 Å². The number of amides is 1. The first-order valence-corrected chi connectivity index (χ1v) is 7.66. The summed E-state index contributed by atoms with van der Waals surface area (Å²) in [6.45, 7) is 5.05. The van der Waals surface area contributed by atoms with Gasteiger partial charge in [-0.25, -0.2) is 9.97 Å². The van der Waals surface area contributed by atoms with Crippen molar-refractivity contribution in [3.63, 3.8) is 0 Å². The molecule has 6 heteroatoms. The zero-order valence-electron chi connectivity index (χ0n) is 12.7. The second-order valence-electron chi connectivity index (χ2n) is 5.35. The molecule has 3 heterocycles. The average Bonchev–Trinajstić information content (AvgIpc) is 2.99. The molecule has 6 nitrogen and oxygen atoms in total. The summed E-state index contributed by atoms with van der Waals surface area (Å²) < 4.78 is 5.20. The number of carbonyl (C=O) groups excluding carboxylic acids is 1. The van der Waals surface area contributed by atoms with Gasteiger partial charge in [0, 0.05) is 38.6 Å². The Labute approximate surface area is 129 Å². The summed E-state index contributed by atoms with van der Waals surface area (Å²) in [6.07, 6.45) is 7.11. The van der Waals surface area contributed by atoms with E-state index < -0.39 is 0 Å². The van der Waals surface area contributed by atoms with E-state index in [1.165, 1.54) is 6.26 Å². The van der Waals surface area contributed by atoms with Gasteiger partial charge in [-0.3, -0.25) is 4.79 Å². The van der Waals surface area contributed by atoms with Crippen molar-refractivity contribution >= 4 is 11.9 Å². The van der Waals surface area contributed by atoms with E-state index in [1.54, 1.807) is 12.1 Å². The highest BCUT2D eigenvalue weighted by atomic mass is 16.3. The summed E-state index contributed by atoms with van der Waals surface area (Å²) in [5.41, 5.74) is 1.13. The second-order valence-corrected chi connectivity index (χ2v) is 5.35. The third-order valence-corrected chi connectivity index (χ3v) is 3.90. The molecule has 3 rings (SSSR count). The Morgan fingerprint density at radius 2 is 2.05 bits per heavy atom. The van der Waals surface area contributed by atoms with Crippen LogP contribution in [0, 0.1) is 0 Å². The van der Waals surface area contributed by atoms with Crippen LogP contribution in [-0.4, -0.2) is 47.0 Å². The van der Waals surface area contributed by atoms with Crippen molar-refractivity contribution < 1.29 is 9.21 Å². The van der Waals surface area contributed by atoms with Crippen LogP contribution >= 0.6 is 0 Å². The molecule has 1 aliphatic heterocycles. The van der Waals surface area contributed by atoms with Gasteiger partial charge in [-0.05, 0) is 30.5 Å². The molecule has 0 atom stereocenters. The fourth-order valence-electron chi connectivity index (χ4n) is 2.57. The molecule has 0 aromatic carbocycles. The minimum Gasteiger partial charge on any atom is -0.459 e. The Kier molecular flexibility index (Phi) is 4.37. The minimum atomic E-state index is -0.0471. The minimum absolute atomic E-state index is 0.0471. The number of carbonyl (C=O) groups is 1. The molecule has 1 amide bonds. The Balaban J connectivity index is 1.65. The largest absolute Gasteiger partial charge is 0.459 e. The summed E-state index contributed by atoms with van der Waals surface area (Å²) in [5, 5.41) is 0. The van der Waals surface area contributed by atoms with Gasteiger partial charge in [-0.1, -0.05) is 6.92 Å². The fraction of sp³-hybridized carbons (Fsp3) is 0.438. The van der Waals surface area contributed by atoms with Gasteiger partial charge in [-0.2, -0.15) is 0 Å². The number of aromatic nitrogens is 2. The van der Waals surface area contributed by atoms with E-state index >= 15 is 0 Å². The van der Waals surface area contributed by atoms with E-state index in [0.29, 0.717) is 12.3 Å². The van der Waals surface area contributed by atoms with Crippen molar-refractivity contribution in [2.75, 3.05) is 31.1 Å². The van der Waals surface area contributed by atoms with Crippen LogP contribution in [0.25, 0.3) is 0 Å². The molecule has 0 N–H and O–H groups in total. The third kappa shape index (κ3) is 3.10. The van der Waals surface area contributed by atoms with Crippen LogP contribution in [0.4, 0.5) is 5.95 Å². The number of aryl methyl sites for hydroxylation is 1. The van der Waals surface area contributed by atoms with E-state index in [1.807, 2.05) is 17.3 Å². The second kappa shape index (κ2) is 6.60. The molecule has 0 spiro atoms. The van der Waals surface area contributed by atoms with Crippen molar-refractivity contribution in [1.29, 1.82) is 0 Å². The molecular weight excluding hydrogens is 280 g/mol.